The van der Waals surface area contributed by atoms with Crippen molar-refractivity contribution in [2.75, 3.05) is 18.5 Å². The molecule has 0 spiro atoms. The second-order valence-electron chi connectivity index (χ2n) is 5.58. The Morgan fingerprint density at radius 2 is 1.88 bits per heavy atom. The van der Waals surface area contributed by atoms with E-state index in [1.807, 2.05) is 26.0 Å². The molecule has 0 fully saturated rings. The van der Waals surface area contributed by atoms with E-state index in [4.69, 9.17) is 14.7 Å². The van der Waals surface area contributed by atoms with Crippen LogP contribution in [0.2, 0.25) is 0 Å². The molecule has 6 heteroatoms. The maximum absolute atomic E-state index is 12.5. The third-order valence-electron chi connectivity index (χ3n) is 3.87. The molecule has 0 radical (unpaired) electrons. The highest BCUT2D eigenvalue weighted by Crippen LogP contribution is 2.33. The Morgan fingerprint density at radius 3 is 2.46 bits per heavy atom. The van der Waals surface area contributed by atoms with E-state index >= 15 is 0 Å². The standard InChI is InChI=1S/C20H22N2O3S/c1-4-24-17-11-10-16(19(26)13(17)3)18(20(23)25-5-2)22-15-8-6-14(12-21)7-9-15/h6-11,18,22,26H,4-5H2,1-3H3. The molecule has 0 aliphatic carbocycles. The van der Waals surface area contributed by atoms with Crippen molar-refractivity contribution in [1.82, 2.24) is 0 Å². The van der Waals surface area contributed by atoms with Crippen molar-refractivity contribution >= 4 is 24.3 Å². The number of benzene rings is 2. The van der Waals surface area contributed by atoms with Crippen LogP contribution in [0.4, 0.5) is 5.69 Å². The van der Waals surface area contributed by atoms with Gasteiger partial charge in [-0.3, -0.25) is 0 Å². The number of hydrogen-bond acceptors (Lipinski definition) is 6. The number of carbonyl (C=O) groups is 1. The molecular formula is C20H22N2O3S. The van der Waals surface area contributed by atoms with E-state index in [0.29, 0.717) is 28.3 Å². The number of carbonyl (C=O) groups excluding carboxylic acids is 1. The molecular weight excluding hydrogens is 348 g/mol. The number of nitriles is 1. The van der Waals surface area contributed by atoms with Crippen molar-refractivity contribution in [3.63, 3.8) is 0 Å². The van der Waals surface area contributed by atoms with Gasteiger partial charge in [0.1, 0.15) is 5.75 Å². The number of esters is 1. The summed E-state index contributed by atoms with van der Waals surface area (Å²) < 4.78 is 10.8. The molecule has 1 unspecified atom stereocenters. The molecule has 0 heterocycles. The van der Waals surface area contributed by atoms with Crippen LogP contribution >= 0.6 is 12.6 Å². The molecule has 26 heavy (non-hydrogen) atoms. The van der Waals surface area contributed by atoms with Crippen molar-refractivity contribution in [1.29, 1.82) is 5.26 Å². The zero-order chi connectivity index (χ0) is 19.1. The van der Waals surface area contributed by atoms with Crippen molar-refractivity contribution in [3.8, 4) is 11.8 Å². The highest BCUT2D eigenvalue weighted by atomic mass is 32.1. The average molecular weight is 370 g/mol. The van der Waals surface area contributed by atoms with Crippen molar-refractivity contribution in [2.24, 2.45) is 0 Å². The number of nitrogens with one attached hydrogen (secondary N) is 1. The largest absolute Gasteiger partial charge is 0.494 e. The number of nitrogens with zero attached hydrogens (tertiary/aromatic N) is 1. The predicted molar refractivity (Wildman–Crippen MR) is 104 cm³/mol. The summed E-state index contributed by atoms with van der Waals surface area (Å²) in [6, 6.07) is 11.9. The Labute approximate surface area is 159 Å². The lowest BCUT2D eigenvalue weighted by atomic mass is 10.0. The van der Waals surface area contributed by atoms with Crippen molar-refractivity contribution in [3.05, 3.63) is 53.1 Å². The Morgan fingerprint density at radius 1 is 1.19 bits per heavy atom. The predicted octanol–water partition coefficient (Wildman–Crippen LogP) is 4.27. The third-order valence-corrected chi connectivity index (χ3v) is 4.46. The van der Waals surface area contributed by atoms with Crippen LogP contribution in [-0.2, 0) is 9.53 Å². The molecule has 2 rings (SSSR count). The van der Waals surface area contributed by atoms with Crippen LogP contribution in [0, 0.1) is 18.3 Å². The molecule has 0 aliphatic heterocycles. The summed E-state index contributed by atoms with van der Waals surface area (Å²) in [6.45, 7) is 6.42. The van der Waals surface area contributed by atoms with Crippen molar-refractivity contribution < 1.29 is 14.3 Å². The van der Waals surface area contributed by atoms with Crippen LogP contribution in [-0.4, -0.2) is 19.2 Å². The molecule has 0 amide bonds. The van der Waals surface area contributed by atoms with Gasteiger partial charge in [0.15, 0.2) is 6.04 Å². The van der Waals surface area contributed by atoms with Gasteiger partial charge in [0.25, 0.3) is 0 Å². The Balaban J connectivity index is 2.40. The summed E-state index contributed by atoms with van der Waals surface area (Å²) >= 11 is 4.60. The minimum Gasteiger partial charge on any atom is -0.494 e. The Kier molecular flexibility index (Phi) is 6.93. The molecule has 2 aromatic rings. The fourth-order valence-corrected chi connectivity index (χ4v) is 2.86. The van der Waals surface area contributed by atoms with E-state index in [9.17, 15) is 4.79 Å². The summed E-state index contributed by atoms with van der Waals surface area (Å²) in [5.41, 5.74) is 2.83. The van der Waals surface area contributed by atoms with Gasteiger partial charge < -0.3 is 14.8 Å². The van der Waals surface area contributed by atoms with Crippen LogP contribution in [0.15, 0.2) is 41.3 Å². The number of hydrogen-bond donors (Lipinski definition) is 2. The highest BCUT2D eigenvalue weighted by molar-refractivity contribution is 7.80. The van der Waals surface area contributed by atoms with Gasteiger partial charge in [-0.1, -0.05) is 6.07 Å². The lowest BCUT2D eigenvalue weighted by molar-refractivity contribution is -0.144. The van der Waals surface area contributed by atoms with Crippen LogP contribution in [0.25, 0.3) is 0 Å². The molecule has 0 aliphatic rings. The van der Waals surface area contributed by atoms with E-state index in [-0.39, 0.29) is 6.61 Å². The Hall–Kier alpha value is -2.65. The third kappa shape index (κ3) is 4.50. The minimum atomic E-state index is -0.718. The van der Waals surface area contributed by atoms with Crippen LogP contribution in [0.5, 0.6) is 5.75 Å². The van der Waals surface area contributed by atoms with Gasteiger partial charge in [-0.15, -0.1) is 12.6 Å². The van der Waals surface area contributed by atoms with E-state index in [0.717, 1.165) is 11.3 Å². The first kappa shape index (κ1) is 19.7. The lowest BCUT2D eigenvalue weighted by Gasteiger charge is -2.22. The maximum atomic E-state index is 12.5. The van der Waals surface area contributed by atoms with Gasteiger partial charge in [-0.05, 0) is 56.7 Å². The summed E-state index contributed by atoms with van der Waals surface area (Å²) in [5.74, 6) is 0.345. The number of ether oxygens (including phenoxy) is 2. The van der Waals surface area contributed by atoms with E-state index in [2.05, 4.69) is 24.0 Å². The fourth-order valence-electron chi connectivity index (χ4n) is 2.54. The summed E-state index contributed by atoms with van der Waals surface area (Å²) in [5, 5.41) is 12.1. The zero-order valence-electron chi connectivity index (χ0n) is 15.1. The molecule has 0 aromatic heterocycles. The zero-order valence-corrected chi connectivity index (χ0v) is 16.0. The normalized spacial score (nSPS) is 11.3. The molecule has 0 saturated carbocycles. The monoisotopic (exact) mass is 370 g/mol. The smallest absolute Gasteiger partial charge is 0.333 e. The number of thiol groups is 1. The minimum absolute atomic E-state index is 0.280. The summed E-state index contributed by atoms with van der Waals surface area (Å²) in [7, 11) is 0. The number of anilines is 1. The maximum Gasteiger partial charge on any atom is 0.333 e. The first-order chi connectivity index (χ1) is 12.5. The first-order valence-electron chi connectivity index (χ1n) is 8.40. The molecule has 2 aromatic carbocycles. The van der Waals surface area contributed by atoms with Gasteiger partial charge in [0, 0.05) is 16.1 Å². The van der Waals surface area contributed by atoms with Gasteiger partial charge in [-0.2, -0.15) is 5.26 Å². The van der Waals surface area contributed by atoms with Crippen LogP contribution in [0.1, 0.15) is 36.6 Å². The molecule has 5 nitrogen and oxygen atoms in total. The summed E-state index contributed by atoms with van der Waals surface area (Å²) in [4.78, 5) is 13.2. The number of rotatable bonds is 7. The fraction of sp³-hybridized carbons (Fsp3) is 0.300. The second-order valence-corrected chi connectivity index (χ2v) is 6.03. The van der Waals surface area contributed by atoms with Crippen LogP contribution in [0.3, 0.4) is 0 Å². The molecule has 1 atom stereocenters. The second kappa shape index (κ2) is 9.16. The molecule has 1 N–H and O–H groups in total. The van der Waals surface area contributed by atoms with Gasteiger partial charge in [-0.25, -0.2) is 4.79 Å². The Bertz CT molecular complexity index is 813. The van der Waals surface area contributed by atoms with E-state index in [1.54, 1.807) is 31.2 Å². The highest BCUT2D eigenvalue weighted by Gasteiger charge is 2.25. The average Bonchev–Trinajstić information content (AvgIpc) is 2.65. The molecule has 0 bridgehead atoms. The lowest BCUT2D eigenvalue weighted by Crippen LogP contribution is -2.24. The van der Waals surface area contributed by atoms with E-state index in [1.165, 1.54) is 0 Å². The van der Waals surface area contributed by atoms with E-state index < -0.39 is 12.0 Å². The van der Waals surface area contributed by atoms with Crippen molar-refractivity contribution in [2.45, 2.75) is 31.7 Å². The van der Waals surface area contributed by atoms with Crippen LogP contribution < -0.4 is 10.1 Å². The summed E-state index contributed by atoms with van der Waals surface area (Å²) in [6.07, 6.45) is 0. The quantitative estimate of drug-likeness (QED) is 0.562. The van der Waals surface area contributed by atoms with Gasteiger partial charge in [0.05, 0.1) is 24.8 Å². The SMILES string of the molecule is CCOC(=O)C(Nc1ccc(C#N)cc1)c1ccc(OCC)c(C)c1S. The molecule has 136 valence electrons. The first-order valence-corrected chi connectivity index (χ1v) is 8.85. The van der Waals surface area contributed by atoms with Gasteiger partial charge >= 0.3 is 5.97 Å². The van der Waals surface area contributed by atoms with Gasteiger partial charge in [0.2, 0.25) is 0 Å². The topological polar surface area (TPSA) is 71.3 Å². The molecule has 0 saturated heterocycles.